The van der Waals surface area contributed by atoms with Crippen LogP contribution in [0.3, 0.4) is 0 Å². The number of unbranched alkanes of at least 4 members (excludes halogenated alkanes) is 26. The van der Waals surface area contributed by atoms with E-state index in [2.05, 4.69) is 43.9 Å². The average Bonchev–Trinajstić information content (AvgIpc) is 3.99. The van der Waals surface area contributed by atoms with Crippen molar-refractivity contribution in [2.75, 3.05) is 13.2 Å². The Kier molecular flexibility index (Phi) is 41.7. The van der Waals surface area contributed by atoms with Crippen LogP contribution in [0.15, 0.2) is 41.8 Å². The Bertz CT molecular complexity index is 2230. The van der Waals surface area contributed by atoms with Crippen LogP contribution in [0.2, 0.25) is 0 Å². The van der Waals surface area contributed by atoms with Gasteiger partial charge in [0.05, 0.1) is 24.8 Å². The van der Waals surface area contributed by atoms with Gasteiger partial charge in [0.2, 0.25) is 0 Å². The number of carbonyl (C=O) groups excluding carboxylic acids is 1. The molecule has 0 saturated carbocycles. The predicted octanol–water partition coefficient (Wildman–Crippen LogP) is 13.1. The van der Waals surface area contributed by atoms with E-state index in [0.29, 0.717) is 24.0 Å². The first-order valence-corrected chi connectivity index (χ1v) is 28.3. The van der Waals surface area contributed by atoms with Gasteiger partial charge in [-0.05, 0) is 37.8 Å². The molecule has 2 aliphatic heterocycles. The number of aryl methyl sites for hydroxylation is 2. The number of azide groups is 2. The molecule has 2 fully saturated rings. The summed E-state index contributed by atoms with van der Waals surface area (Å²) in [7, 11) is 0. The van der Waals surface area contributed by atoms with E-state index in [1.807, 2.05) is 0 Å². The van der Waals surface area contributed by atoms with Crippen LogP contribution >= 0.6 is 0 Å². The number of aromatic nitrogens is 4. The first-order chi connectivity index (χ1) is 36.3. The van der Waals surface area contributed by atoms with Crippen molar-refractivity contribution in [3.8, 4) is 0 Å². The Balaban J connectivity index is 0.00000122. The van der Waals surface area contributed by atoms with Crippen molar-refractivity contribution in [3.63, 3.8) is 0 Å². The number of hydrogen-bond donors (Lipinski definition) is 4. The summed E-state index contributed by atoms with van der Waals surface area (Å²) in [4.78, 5) is 79.2. The fourth-order valence-corrected chi connectivity index (χ4v) is 9.24. The highest BCUT2D eigenvalue weighted by Gasteiger charge is 2.38. The van der Waals surface area contributed by atoms with Crippen molar-refractivity contribution in [2.24, 2.45) is 10.2 Å². The standard InChI is InChI=1S/C27H45N5O5.C17H34O2.C10H13N5O4.CH4.CH3/c1-3-4-5-6-7-8-9-10-11-12-13-14-15-16-17-25(33)36-20-23-22(30-31-28)18-24(37-23)32-19-21(2)26(34)29-27(32)35;1-2-3-4-5-6-7-8-9-10-11-12-13-14-15-16-17(18)19;1-5-3-15(10(18)12-9(5)17)8-2-6(13-14-11)7(4-16)19-8;;/h19,22-24H,3-18,20H2,1-2H3,(H,29,34,35);2-16H2,1H3,(H,18,19);3,6-8,16H,2,4H2,1H3,(H,12,17,18);1H4;1H3/q;;;;-1/t22-,23+,24+;;6-,7+,8+;;/m0.0../s1. The van der Waals surface area contributed by atoms with Gasteiger partial charge >= 0.3 is 23.3 Å². The number of aliphatic hydroxyl groups is 1. The molecule has 0 amide bonds. The van der Waals surface area contributed by atoms with E-state index in [1.54, 1.807) is 13.8 Å². The third kappa shape index (κ3) is 31.1. The van der Waals surface area contributed by atoms with E-state index >= 15 is 0 Å². The van der Waals surface area contributed by atoms with Gasteiger partial charge < -0.3 is 31.9 Å². The van der Waals surface area contributed by atoms with Crippen LogP contribution in [-0.4, -0.2) is 78.8 Å². The van der Waals surface area contributed by atoms with E-state index in [9.17, 15) is 28.8 Å². The lowest BCUT2D eigenvalue weighted by atomic mass is 10.0. The maximum atomic E-state index is 12.2. The van der Waals surface area contributed by atoms with Gasteiger partial charge in [0.15, 0.2) is 0 Å². The molecule has 2 aromatic rings. The lowest BCUT2D eigenvalue weighted by molar-refractivity contribution is -0.148. The molecule has 77 heavy (non-hydrogen) atoms. The summed E-state index contributed by atoms with van der Waals surface area (Å²) >= 11 is 0. The molecule has 6 atom stereocenters. The number of nitrogens with zero attached hydrogens (tertiary/aromatic N) is 8. The Morgan fingerprint density at radius 2 is 0.922 bits per heavy atom. The zero-order valence-corrected chi connectivity index (χ0v) is 46.8. The number of aliphatic hydroxyl groups excluding tert-OH is 1. The summed E-state index contributed by atoms with van der Waals surface area (Å²) in [5.41, 5.74) is 16.0. The fraction of sp³-hybridized carbons (Fsp3) is 0.804. The van der Waals surface area contributed by atoms with E-state index < -0.39 is 65.2 Å². The number of carboxylic acid groups (broad SMARTS) is 1. The molecule has 440 valence electrons. The van der Waals surface area contributed by atoms with Crippen molar-refractivity contribution in [3.05, 3.63) is 93.5 Å². The third-order valence-electron chi connectivity index (χ3n) is 13.8. The van der Waals surface area contributed by atoms with Crippen molar-refractivity contribution in [2.45, 2.75) is 277 Å². The van der Waals surface area contributed by atoms with Crippen molar-refractivity contribution < 1.29 is 34.0 Å². The van der Waals surface area contributed by atoms with Crippen molar-refractivity contribution >= 4 is 11.9 Å². The minimum atomic E-state index is -0.715. The lowest BCUT2D eigenvalue weighted by Crippen LogP contribution is -2.33. The van der Waals surface area contributed by atoms with Crippen molar-refractivity contribution in [1.82, 2.24) is 19.1 Å². The SMILES string of the molecule is C.CCCCCCCCCCCCCCCCC(=O)O.CCCCCCCCCCCCCCCCC(=O)OC[C@H]1O[C@@H](n2cc(C)c(=O)[nH]c2=O)C[C@@H]1N=[N+]=[N-].Cc1cn([C@H]2C[C@H](N=[N+]=[N-])[C@@H](CO)O2)c(=O)[nH]c1=O.[CH3-]. The minimum absolute atomic E-state index is 0. The molecule has 2 saturated heterocycles. The number of aromatic amines is 2. The van der Waals surface area contributed by atoms with Crippen molar-refractivity contribution in [1.29, 1.82) is 0 Å². The number of carbonyl (C=O) groups is 2. The highest BCUT2D eigenvalue weighted by atomic mass is 16.6. The molecule has 21 nitrogen and oxygen atoms in total. The molecule has 0 radical (unpaired) electrons. The van der Waals surface area contributed by atoms with Crippen LogP contribution in [0.25, 0.3) is 20.9 Å². The first-order valence-electron chi connectivity index (χ1n) is 28.3. The summed E-state index contributed by atoms with van der Waals surface area (Å²) < 4.78 is 19.2. The quantitative estimate of drug-likeness (QED) is 0.0123. The normalized spacial score (nSPS) is 18.2. The second-order valence-corrected chi connectivity index (χ2v) is 20.2. The molecule has 4 heterocycles. The zero-order valence-electron chi connectivity index (χ0n) is 46.8. The maximum absolute atomic E-state index is 12.2. The molecule has 0 spiro atoms. The molecular weight excluding hydrogens is 989 g/mol. The Morgan fingerprint density at radius 3 is 1.26 bits per heavy atom. The number of rotatable bonds is 37. The van der Waals surface area contributed by atoms with Gasteiger partial charge in [0.1, 0.15) is 25.2 Å². The van der Waals surface area contributed by atoms with Gasteiger partial charge in [-0.15, -0.1) is 0 Å². The summed E-state index contributed by atoms with van der Waals surface area (Å²) in [6, 6.07) is -1.12. The van der Waals surface area contributed by atoms with Crippen LogP contribution in [-0.2, 0) is 23.8 Å². The number of nitrogens with one attached hydrogen (secondary N) is 2. The molecule has 0 unspecified atom stereocenters. The lowest BCUT2D eigenvalue weighted by Gasteiger charge is -2.17. The van der Waals surface area contributed by atoms with Gasteiger partial charge in [0, 0.05) is 59.0 Å². The number of ether oxygens (including phenoxy) is 3. The molecule has 4 N–H and O–H groups in total. The second kappa shape index (κ2) is 44.7. The van der Waals surface area contributed by atoms with Crippen LogP contribution in [0.4, 0.5) is 0 Å². The topological polar surface area (TPSA) is 310 Å². The van der Waals surface area contributed by atoms with Crippen LogP contribution in [0.5, 0.6) is 0 Å². The summed E-state index contributed by atoms with van der Waals surface area (Å²) in [6.45, 7) is 7.32. The molecule has 4 rings (SSSR count). The Labute approximate surface area is 457 Å². The maximum Gasteiger partial charge on any atom is 0.330 e. The van der Waals surface area contributed by atoms with E-state index in [1.165, 1.54) is 169 Å². The zero-order chi connectivity index (χ0) is 55.1. The number of carboxylic acids is 1. The smallest absolute Gasteiger partial charge is 0.330 e. The molecule has 0 aromatic carbocycles. The van der Waals surface area contributed by atoms with Crippen LogP contribution in [0.1, 0.15) is 250 Å². The Hall–Kier alpha value is -5.20. The fourth-order valence-electron chi connectivity index (χ4n) is 9.24. The highest BCUT2D eigenvalue weighted by Crippen LogP contribution is 2.31. The Morgan fingerprint density at radius 1 is 0.597 bits per heavy atom. The monoisotopic (exact) mass is 1090 g/mol. The molecule has 0 bridgehead atoms. The van der Waals surface area contributed by atoms with Crippen LogP contribution in [0, 0.1) is 21.3 Å². The third-order valence-corrected chi connectivity index (χ3v) is 13.8. The highest BCUT2D eigenvalue weighted by molar-refractivity contribution is 5.69. The number of H-pyrrole nitrogens is 2. The van der Waals surface area contributed by atoms with Crippen LogP contribution < -0.4 is 22.5 Å². The molecule has 2 aliphatic rings. The minimum Gasteiger partial charge on any atom is -0.481 e. The van der Waals surface area contributed by atoms with Gasteiger partial charge in [-0.2, -0.15) is 0 Å². The average molecular weight is 1090 g/mol. The number of aliphatic carboxylic acids is 1. The molecule has 21 heteroatoms. The number of hydrogen-bond acceptors (Lipinski definition) is 12. The molecule has 2 aromatic heterocycles. The second-order valence-electron chi connectivity index (χ2n) is 20.2. The van der Waals surface area contributed by atoms with E-state index in [0.717, 1.165) is 32.1 Å². The number of esters is 1. The van der Waals surface area contributed by atoms with Gasteiger partial charge in [0.25, 0.3) is 11.1 Å². The summed E-state index contributed by atoms with van der Waals surface area (Å²) in [5.74, 6) is -0.957. The summed E-state index contributed by atoms with van der Waals surface area (Å²) in [6.07, 6.45) is 37.3. The first kappa shape index (κ1) is 71.8. The van der Waals surface area contributed by atoms with E-state index in [4.69, 9.17) is 35.5 Å². The molecule has 0 aliphatic carbocycles. The molecular formula is C56H99N10O11-. The van der Waals surface area contributed by atoms with Gasteiger partial charge in [-0.25, -0.2) is 9.59 Å². The predicted molar refractivity (Wildman–Crippen MR) is 304 cm³/mol. The largest absolute Gasteiger partial charge is 0.481 e. The summed E-state index contributed by atoms with van der Waals surface area (Å²) in [5, 5.41) is 24.9. The van der Waals surface area contributed by atoms with Gasteiger partial charge in [-0.1, -0.05) is 198 Å². The van der Waals surface area contributed by atoms with Gasteiger partial charge in [-0.3, -0.25) is 38.3 Å². The van der Waals surface area contributed by atoms with E-state index in [-0.39, 0.29) is 46.9 Å².